The molecule has 0 saturated carbocycles. The van der Waals surface area contributed by atoms with Gasteiger partial charge in [0.2, 0.25) is 5.03 Å². The number of thiophene rings is 1. The molecule has 1 unspecified atom stereocenters. The van der Waals surface area contributed by atoms with E-state index in [0.717, 1.165) is 4.88 Å². The van der Waals surface area contributed by atoms with Gasteiger partial charge in [0, 0.05) is 19.0 Å². The number of halogens is 1. The van der Waals surface area contributed by atoms with Crippen molar-refractivity contribution in [2.75, 3.05) is 7.05 Å². The lowest BCUT2D eigenvalue weighted by Crippen LogP contribution is -2.29. The number of rotatable bonds is 4. The summed E-state index contributed by atoms with van der Waals surface area (Å²) in [6.07, 6.45) is 1.39. The van der Waals surface area contributed by atoms with Crippen LogP contribution in [-0.4, -0.2) is 29.3 Å². The van der Waals surface area contributed by atoms with Crippen LogP contribution in [0.15, 0.2) is 28.9 Å². The Bertz CT molecular complexity index is 664. The summed E-state index contributed by atoms with van der Waals surface area (Å²) in [6, 6.07) is 3.54. The Hall–Kier alpha value is -0.890. The molecule has 0 aliphatic heterocycles. The number of aromatic nitrogens is 2. The van der Waals surface area contributed by atoms with Gasteiger partial charge in [0.05, 0.1) is 12.4 Å². The van der Waals surface area contributed by atoms with Crippen molar-refractivity contribution in [1.29, 1.82) is 0 Å². The minimum atomic E-state index is -3.70. The molecule has 0 aliphatic carbocycles. The van der Waals surface area contributed by atoms with Gasteiger partial charge in [-0.25, -0.2) is 13.4 Å². The highest BCUT2D eigenvalue weighted by Gasteiger charge is 2.31. The van der Waals surface area contributed by atoms with Gasteiger partial charge >= 0.3 is 0 Å². The van der Waals surface area contributed by atoms with Gasteiger partial charge in [0.25, 0.3) is 10.0 Å². The summed E-state index contributed by atoms with van der Waals surface area (Å²) in [6.45, 7) is 1.83. The standard InChI is InChI=1S/C11H14ClN3O2S2/c1-8(9-5-4-6-18-9)15(3)19(16,17)11-10(12)14(2)7-13-11/h4-8H,1-3H3. The second kappa shape index (κ2) is 5.24. The molecule has 19 heavy (non-hydrogen) atoms. The van der Waals surface area contributed by atoms with Gasteiger partial charge in [-0.1, -0.05) is 17.7 Å². The van der Waals surface area contributed by atoms with E-state index in [1.54, 1.807) is 7.05 Å². The first-order valence-electron chi connectivity index (χ1n) is 5.54. The Morgan fingerprint density at radius 1 is 1.53 bits per heavy atom. The first-order chi connectivity index (χ1) is 8.85. The molecule has 2 aromatic heterocycles. The van der Waals surface area contributed by atoms with E-state index in [-0.39, 0.29) is 16.2 Å². The monoisotopic (exact) mass is 319 g/mol. The molecule has 2 heterocycles. The van der Waals surface area contributed by atoms with Crippen molar-refractivity contribution >= 4 is 33.0 Å². The molecule has 104 valence electrons. The van der Waals surface area contributed by atoms with E-state index in [4.69, 9.17) is 11.6 Å². The van der Waals surface area contributed by atoms with Crippen LogP contribution in [0, 0.1) is 0 Å². The zero-order valence-electron chi connectivity index (χ0n) is 10.7. The van der Waals surface area contributed by atoms with E-state index in [1.807, 2.05) is 24.4 Å². The Morgan fingerprint density at radius 3 is 2.68 bits per heavy atom. The molecular formula is C11H14ClN3O2S2. The molecule has 1 atom stereocenters. The molecule has 0 fully saturated rings. The van der Waals surface area contributed by atoms with Crippen LogP contribution in [0.4, 0.5) is 0 Å². The predicted molar refractivity (Wildman–Crippen MR) is 75.9 cm³/mol. The number of aryl methyl sites for hydroxylation is 1. The van der Waals surface area contributed by atoms with E-state index < -0.39 is 10.0 Å². The second-order valence-corrected chi connectivity index (χ2v) is 7.41. The maximum Gasteiger partial charge on any atom is 0.263 e. The van der Waals surface area contributed by atoms with Crippen LogP contribution in [0.2, 0.25) is 5.15 Å². The SMILES string of the molecule is CC(c1cccs1)N(C)S(=O)(=O)c1ncn(C)c1Cl. The van der Waals surface area contributed by atoms with E-state index in [0.29, 0.717) is 0 Å². The van der Waals surface area contributed by atoms with E-state index >= 15 is 0 Å². The maximum absolute atomic E-state index is 12.5. The van der Waals surface area contributed by atoms with Crippen molar-refractivity contribution < 1.29 is 8.42 Å². The van der Waals surface area contributed by atoms with Crippen LogP contribution in [0.25, 0.3) is 0 Å². The van der Waals surface area contributed by atoms with Gasteiger partial charge in [-0.3, -0.25) is 0 Å². The molecule has 2 rings (SSSR count). The maximum atomic E-state index is 12.5. The molecule has 0 radical (unpaired) electrons. The largest absolute Gasteiger partial charge is 0.324 e. The second-order valence-electron chi connectivity index (χ2n) is 4.16. The summed E-state index contributed by atoms with van der Waals surface area (Å²) in [7, 11) is -0.516. The average Bonchev–Trinajstić information content (AvgIpc) is 2.99. The van der Waals surface area contributed by atoms with Gasteiger partial charge in [0.1, 0.15) is 5.15 Å². The molecule has 0 aliphatic rings. The molecule has 2 aromatic rings. The van der Waals surface area contributed by atoms with Gasteiger partial charge in [0.15, 0.2) is 0 Å². The summed E-state index contributed by atoms with van der Waals surface area (Å²) < 4.78 is 27.7. The average molecular weight is 320 g/mol. The quantitative estimate of drug-likeness (QED) is 0.870. The predicted octanol–water partition coefficient (Wildman–Crippen LogP) is 2.52. The van der Waals surface area contributed by atoms with Crippen LogP contribution in [0.1, 0.15) is 17.8 Å². The topological polar surface area (TPSA) is 55.2 Å². The molecular weight excluding hydrogens is 306 g/mol. The molecule has 0 spiro atoms. The van der Waals surface area contributed by atoms with Gasteiger partial charge in [-0.05, 0) is 18.4 Å². The number of hydrogen-bond acceptors (Lipinski definition) is 4. The number of nitrogens with zero attached hydrogens (tertiary/aromatic N) is 3. The zero-order chi connectivity index (χ0) is 14.2. The highest BCUT2D eigenvalue weighted by atomic mass is 35.5. The number of imidazole rings is 1. The molecule has 0 bridgehead atoms. The van der Waals surface area contributed by atoms with Gasteiger partial charge in [-0.15, -0.1) is 11.3 Å². The van der Waals surface area contributed by atoms with Crippen molar-refractivity contribution in [2.24, 2.45) is 7.05 Å². The lowest BCUT2D eigenvalue weighted by atomic mass is 10.3. The normalized spacial score (nSPS) is 13.9. The molecule has 0 aromatic carbocycles. The van der Waals surface area contributed by atoms with Crippen molar-refractivity contribution in [3.8, 4) is 0 Å². The Labute approximate surface area is 121 Å². The first kappa shape index (κ1) is 14.5. The fourth-order valence-corrected chi connectivity index (χ4v) is 4.24. The summed E-state index contributed by atoms with van der Waals surface area (Å²) in [4.78, 5) is 4.85. The molecule has 0 saturated heterocycles. The van der Waals surface area contributed by atoms with Crippen molar-refractivity contribution in [1.82, 2.24) is 13.9 Å². The fraction of sp³-hybridized carbons (Fsp3) is 0.364. The minimum absolute atomic E-state index is 0.109. The summed E-state index contributed by atoms with van der Waals surface area (Å²) in [5.41, 5.74) is 0. The highest BCUT2D eigenvalue weighted by Crippen LogP contribution is 2.30. The van der Waals surface area contributed by atoms with Crippen LogP contribution >= 0.6 is 22.9 Å². The Morgan fingerprint density at radius 2 is 2.21 bits per heavy atom. The third kappa shape index (κ3) is 2.55. The lowest BCUT2D eigenvalue weighted by molar-refractivity contribution is 0.401. The molecule has 0 amide bonds. The van der Waals surface area contributed by atoms with Crippen molar-refractivity contribution in [2.45, 2.75) is 18.0 Å². The van der Waals surface area contributed by atoms with E-state index in [9.17, 15) is 8.42 Å². The van der Waals surface area contributed by atoms with Crippen molar-refractivity contribution in [3.63, 3.8) is 0 Å². The molecule has 0 N–H and O–H groups in total. The lowest BCUT2D eigenvalue weighted by Gasteiger charge is -2.22. The van der Waals surface area contributed by atoms with Crippen LogP contribution in [0.3, 0.4) is 0 Å². The fourth-order valence-electron chi connectivity index (χ4n) is 1.62. The highest BCUT2D eigenvalue weighted by molar-refractivity contribution is 7.89. The zero-order valence-corrected chi connectivity index (χ0v) is 13.1. The van der Waals surface area contributed by atoms with Crippen LogP contribution < -0.4 is 0 Å². The third-order valence-corrected chi connectivity index (χ3v) is 6.42. The minimum Gasteiger partial charge on any atom is -0.324 e. The third-order valence-electron chi connectivity index (χ3n) is 2.96. The van der Waals surface area contributed by atoms with Crippen LogP contribution in [0.5, 0.6) is 0 Å². The molecule has 8 heteroatoms. The summed E-state index contributed by atoms with van der Waals surface area (Å²) in [5, 5.41) is 1.92. The summed E-state index contributed by atoms with van der Waals surface area (Å²) >= 11 is 7.48. The van der Waals surface area contributed by atoms with E-state index in [1.165, 1.54) is 33.6 Å². The first-order valence-corrected chi connectivity index (χ1v) is 8.23. The number of sulfonamides is 1. The van der Waals surface area contributed by atoms with E-state index in [2.05, 4.69) is 4.98 Å². The van der Waals surface area contributed by atoms with Gasteiger partial charge in [-0.2, -0.15) is 4.31 Å². The van der Waals surface area contributed by atoms with Gasteiger partial charge < -0.3 is 4.57 Å². The van der Waals surface area contributed by atoms with Crippen molar-refractivity contribution in [3.05, 3.63) is 33.9 Å². The number of hydrogen-bond donors (Lipinski definition) is 0. The summed E-state index contributed by atoms with van der Waals surface area (Å²) in [5.74, 6) is 0. The molecule has 5 nitrogen and oxygen atoms in total. The van der Waals surface area contributed by atoms with Crippen LogP contribution in [-0.2, 0) is 17.1 Å². The Kier molecular flexibility index (Phi) is 4.00. The Balaban J connectivity index is 2.37. The smallest absolute Gasteiger partial charge is 0.263 e.